The van der Waals surface area contributed by atoms with Crippen LogP contribution in [0.4, 0.5) is 0 Å². The number of carboxylic acids is 1. The molecule has 0 aliphatic carbocycles. The molecule has 17 heavy (non-hydrogen) atoms. The summed E-state index contributed by atoms with van der Waals surface area (Å²) < 4.78 is 5.74. The first-order valence-corrected chi connectivity index (χ1v) is 5.03. The van der Waals surface area contributed by atoms with E-state index in [-0.39, 0.29) is 13.0 Å². The second-order valence-corrected chi connectivity index (χ2v) is 3.99. The molecule has 0 aromatic carbocycles. The van der Waals surface area contributed by atoms with Gasteiger partial charge in [-0.15, -0.1) is 0 Å². The highest BCUT2D eigenvalue weighted by atomic mass is 16.5. The molecule has 0 bridgehead atoms. The Kier molecular flexibility index (Phi) is 3.84. The lowest BCUT2D eigenvalue weighted by Gasteiger charge is -2.23. The first-order chi connectivity index (χ1) is 7.84. The molecule has 7 nitrogen and oxygen atoms in total. The van der Waals surface area contributed by atoms with Crippen molar-refractivity contribution >= 4 is 5.97 Å². The third kappa shape index (κ3) is 3.28. The van der Waals surface area contributed by atoms with Crippen molar-refractivity contribution in [2.24, 2.45) is 5.73 Å². The highest BCUT2D eigenvalue weighted by molar-refractivity contribution is 5.75. The lowest BCUT2D eigenvalue weighted by Crippen LogP contribution is -2.52. The van der Waals surface area contributed by atoms with Gasteiger partial charge in [0.25, 0.3) is 0 Å². The number of carboxylic acid groups (broad SMARTS) is 1. The summed E-state index contributed by atoms with van der Waals surface area (Å²) in [5.74, 6) is -1.42. The Hall–Kier alpha value is -1.89. The van der Waals surface area contributed by atoms with Gasteiger partial charge in [-0.2, -0.15) is 0 Å². The van der Waals surface area contributed by atoms with Crippen LogP contribution in [0.1, 0.15) is 19.2 Å². The quantitative estimate of drug-likeness (QED) is 0.630. The Morgan fingerprint density at radius 3 is 2.76 bits per heavy atom. The largest absolute Gasteiger partial charge is 0.548 e. The predicted octanol–water partition coefficient (Wildman–Crippen LogP) is -1.44. The zero-order valence-corrected chi connectivity index (χ0v) is 9.67. The molecule has 0 aliphatic heterocycles. The van der Waals surface area contributed by atoms with Gasteiger partial charge < -0.3 is 15.6 Å². The second kappa shape index (κ2) is 4.96. The minimum Gasteiger partial charge on any atom is -0.548 e. The maximum absolute atomic E-state index is 11.1. The molecule has 1 heterocycles. The molecule has 0 fully saturated rings. The number of carbonyl (C=O) groups is 1. The topological polar surface area (TPSA) is 114 Å². The molecule has 94 valence electrons. The summed E-state index contributed by atoms with van der Waals surface area (Å²) in [5, 5.41) is 14.1. The van der Waals surface area contributed by atoms with Crippen molar-refractivity contribution in [3.05, 3.63) is 28.5 Å². The van der Waals surface area contributed by atoms with Crippen LogP contribution in [-0.4, -0.2) is 21.2 Å². The number of nitrogens with two attached hydrogens (primary N) is 1. The van der Waals surface area contributed by atoms with E-state index < -0.39 is 17.3 Å². The van der Waals surface area contributed by atoms with Gasteiger partial charge in [-0.3, -0.25) is 9.09 Å². The van der Waals surface area contributed by atoms with Gasteiger partial charge in [0.05, 0.1) is 11.5 Å². The molecule has 0 saturated carbocycles. The molecule has 0 radical (unpaired) electrons. The van der Waals surface area contributed by atoms with E-state index >= 15 is 0 Å². The van der Waals surface area contributed by atoms with Gasteiger partial charge in [-0.1, -0.05) is 17.3 Å². The zero-order valence-electron chi connectivity index (χ0n) is 9.67. The van der Waals surface area contributed by atoms with E-state index in [2.05, 4.69) is 9.68 Å². The first kappa shape index (κ1) is 13.2. The number of hydrogen-bond donors (Lipinski definition) is 1. The molecule has 1 rings (SSSR count). The van der Waals surface area contributed by atoms with E-state index in [1.54, 1.807) is 19.1 Å². The summed E-state index contributed by atoms with van der Waals surface area (Å²) in [6.45, 7) is 3.26. The van der Waals surface area contributed by atoms with Crippen LogP contribution in [0.5, 0.6) is 0 Å². The Balaban J connectivity index is 2.58. The third-order valence-electron chi connectivity index (χ3n) is 2.33. The summed E-state index contributed by atoms with van der Waals surface area (Å²) in [5.41, 5.74) is 4.05. The van der Waals surface area contributed by atoms with Crippen molar-refractivity contribution in [1.82, 2.24) is 9.72 Å². The van der Waals surface area contributed by atoms with Gasteiger partial charge in [0, 0.05) is 6.54 Å². The summed E-state index contributed by atoms with van der Waals surface area (Å²) in [6, 6.07) is 0. The number of rotatable bonds is 5. The summed E-state index contributed by atoms with van der Waals surface area (Å²) >= 11 is 0. The van der Waals surface area contributed by atoms with Gasteiger partial charge >= 0.3 is 5.76 Å². The molecule has 1 aromatic rings. The summed E-state index contributed by atoms with van der Waals surface area (Å²) in [4.78, 5) is 21.7. The van der Waals surface area contributed by atoms with Crippen molar-refractivity contribution in [2.45, 2.75) is 32.4 Å². The fourth-order valence-electron chi connectivity index (χ4n) is 1.13. The van der Waals surface area contributed by atoms with E-state index in [1.165, 1.54) is 11.5 Å². The number of carbonyl (C=O) groups excluding carboxylic acids is 1. The van der Waals surface area contributed by atoms with Crippen LogP contribution in [0, 0.1) is 6.92 Å². The van der Waals surface area contributed by atoms with Crippen molar-refractivity contribution < 1.29 is 14.4 Å². The number of aromatic nitrogens is 2. The number of aliphatic carboxylic acids is 1. The fourth-order valence-corrected chi connectivity index (χ4v) is 1.13. The summed E-state index contributed by atoms with van der Waals surface area (Å²) in [6.07, 6.45) is 3.32. The van der Waals surface area contributed by atoms with Crippen LogP contribution in [0.25, 0.3) is 0 Å². The van der Waals surface area contributed by atoms with Crippen molar-refractivity contribution in [3.63, 3.8) is 0 Å². The van der Waals surface area contributed by atoms with Gasteiger partial charge in [-0.25, -0.2) is 4.79 Å². The average Bonchev–Trinajstić information content (AvgIpc) is 2.54. The van der Waals surface area contributed by atoms with Gasteiger partial charge in [0.15, 0.2) is 5.82 Å². The maximum Gasteiger partial charge on any atom is 0.441 e. The minimum atomic E-state index is -1.41. The molecule has 0 amide bonds. The van der Waals surface area contributed by atoms with Gasteiger partial charge in [-0.05, 0) is 20.3 Å². The minimum absolute atomic E-state index is 0.119. The van der Waals surface area contributed by atoms with Crippen LogP contribution < -0.4 is 16.6 Å². The lowest BCUT2D eigenvalue weighted by atomic mass is 10.00. The van der Waals surface area contributed by atoms with Crippen molar-refractivity contribution in [2.75, 3.05) is 0 Å². The number of aryl methyl sites for hydroxylation is 1. The first-order valence-electron chi connectivity index (χ1n) is 5.03. The Morgan fingerprint density at radius 1 is 1.65 bits per heavy atom. The molecule has 1 aromatic heterocycles. The average molecular weight is 240 g/mol. The van der Waals surface area contributed by atoms with Crippen LogP contribution in [0.3, 0.4) is 0 Å². The zero-order chi connectivity index (χ0) is 13.1. The molecule has 0 aliphatic rings. The molecular weight excluding hydrogens is 226 g/mol. The van der Waals surface area contributed by atoms with Gasteiger partial charge in [0.2, 0.25) is 0 Å². The SMILES string of the molecule is Cc1noc(=O)n1C/C=C/CC(C)(N)C(=O)[O-]. The molecule has 2 N–H and O–H groups in total. The number of allylic oxidation sites excluding steroid dienone is 1. The second-order valence-electron chi connectivity index (χ2n) is 3.99. The monoisotopic (exact) mass is 240 g/mol. The Bertz CT molecular complexity index is 484. The highest BCUT2D eigenvalue weighted by Crippen LogP contribution is 2.05. The number of nitrogens with zero attached hydrogens (tertiary/aromatic N) is 2. The molecule has 7 heteroatoms. The van der Waals surface area contributed by atoms with E-state index in [0.717, 1.165) is 0 Å². The van der Waals surface area contributed by atoms with Crippen LogP contribution in [-0.2, 0) is 11.3 Å². The smallest absolute Gasteiger partial charge is 0.441 e. The predicted molar refractivity (Wildman–Crippen MR) is 56.9 cm³/mol. The molecule has 0 saturated heterocycles. The van der Waals surface area contributed by atoms with E-state index in [1.807, 2.05) is 0 Å². The summed E-state index contributed by atoms with van der Waals surface area (Å²) in [7, 11) is 0. The normalized spacial score (nSPS) is 15.0. The fraction of sp³-hybridized carbons (Fsp3) is 0.500. The molecule has 1 unspecified atom stereocenters. The van der Waals surface area contributed by atoms with E-state index in [0.29, 0.717) is 5.82 Å². The Morgan fingerprint density at radius 2 is 2.29 bits per heavy atom. The van der Waals surface area contributed by atoms with Gasteiger partial charge in [0.1, 0.15) is 0 Å². The van der Waals surface area contributed by atoms with Crippen LogP contribution in [0.2, 0.25) is 0 Å². The number of hydrogen-bond acceptors (Lipinski definition) is 6. The van der Waals surface area contributed by atoms with E-state index in [9.17, 15) is 14.7 Å². The van der Waals surface area contributed by atoms with Crippen LogP contribution >= 0.6 is 0 Å². The van der Waals surface area contributed by atoms with E-state index in [4.69, 9.17) is 5.73 Å². The van der Waals surface area contributed by atoms with Crippen LogP contribution in [0.15, 0.2) is 21.5 Å². The molecule has 1 atom stereocenters. The highest BCUT2D eigenvalue weighted by Gasteiger charge is 2.17. The standard InChI is InChI=1S/C10H15N3O4/c1-7-12-17-9(16)13(7)6-4-3-5-10(2,11)8(14)15/h3-4H,5-6,11H2,1-2H3,(H,14,15)/p-1/b4-3+. The van der Waals surface area contributed by atoms with Crippen molar-refractivity contribution in [3.8, 4) is 0 Å². The molecule has 0 spiro atoms. The van der Waals surface area contributed by atoms with Crippen molar-refractivity contribution in [1.29, 1.82) is 0 Å². The molecular formula is C10H14N3O4-. The third-order valence-corrected chi connectivity index (χ3v) is 2.33. The maximum atomic E-state index is 11.1. The Labute approximate surface area is 97.5 Å². The lowest BCUT2D eigenvalue weighted by molar-refractivity contribution is -0.312.